The van der Waals surface area contributed by atoms with Gasteiger partial charge < -0.3 is 9.64 Å². The van der Waals surface area contributed by atoms with Gasteiger partial charge in [0.1, 0.15) is 0 Å². The molecule has 1 aromatic heterocycles. The summed E-state index contributed by atoms with van der Waals surface area (Å²) in [7, 11) is 2.33. The zero-order valence-electron chi connectivity index (χ0n) is 14.3. The summed E-state index contributed by atoms with van der Waals surface area (Å²) in [6.45, 7) is 6.84. The average molecular weight is 318 g/mol. The highest BCUT2D eigenvalue weighted by Crippen LogP contribution is 2.35. The zero-order chi connectivity index (χ0) is 15.6. The highest BCUT2D eigenvalue weighted by molar-refractivity contribution is 4.97. The molecule has 4 rings (SSSR count). The maximum Gasteiger partial charge on any atom is 0.0565 e. The Bertz CT molecular complexity index is 485. The summed E-state index contributed by atoms with van der Waals surface area (Å²) in [5.74, 6) is 1.70. The lowest BCUT2D eigenvalue weighted by atomic mass is 9.90. The highest BCUT2D eigenvalue weighted by atomic mass is 16.5. The number of fused-ring (bicyclic) bond motifs is 1. The van der Waals surface area contributed by atoms with Crippen molar-refractivity contribution in [2.45, 2.75) is 44.3 Å². The molecule has 3 atom stereocenters. The van der Waals surface area contributed by atoms with Crippen LogP contribution >= 0.6 is 0 Å². The van der Waals surface area contributed by atoms with Gasteiger partial charge in [-0.3, -0.25) is 9.58 Å². The van der Waals surface area contributed by atoms with Crippen molar-refractivity contribution >= 4 is 0 Å². The van der Waals surface area contributed by atoms with E-state index in [1.54, 1.807) is 0 Å². The van der Waals surface area contributed by atoms with Crippen LogP contribution in [0.1, 0.15) is 25.7 Å². The molecule has 1 unspecified atom stereocenters. The highest BCUT2D eigenvalue weighted by Gasteiger charge is 2.42. The van der Waals surface area contributed by atoms with Crippen molar-refractivity contribution < 1.29 is 4.74 Å². The Kier molecular flexibility index (Phi) is 4.69. The molecule has 128 valence electrons. The number of aromatic nitrogens is 2. The molecule has 5 heteroatoms. The largest absolute Gasteiger partial charge is 0.381 e. The van der Waals surface area contributed by atoms with E-state index in [2.05, 4.69) is 32.8 Å². The van der Waals surface area contributed by atoms with Gasteiger partial charge in [0.15, 0.2) is 0 Å². The van der Waals surface area contributed by atoms with E-state index in [4.69, 9.17) is 4.74 Å². The number of piperidine rings is 1. The molecule has 0 amide bonds. The molecule has 5 nitrogen and oxygen atoms in total. The molecule has 0 aromatic carbocycles. The fraction of sp³-hybridized carbons (Fsp3) is 0.833. The molecular formula is C18H30N4O. The van der Waals surface area contributed by atoms with E-state index in [0.29, 0.717) is 6.04 Å². The second-order valence-electron chi connectivity index (χ2n) is 7.71. The molecule has 0 saturated carbocycles. The topological polar surface area (TPSA) is 33.5 Å². The predicted molar refractivity (Wildman–Crippen MR) is 90.3 cm³/mol. The lowest BCUT2D eigenvalue weighted by Crippen LogP contribution is -2.47. The molecule has 0 radical (unpaired) electrons. The summed E-state index contributed by atoms with van der Waals surface area (Å²) in [5, 5.41) is 4.39. The first kappa shape index (κ1) is 15.6. The molecule has 3 aliphatic heterocycles. The third kappa shape index (κ3) is 3.47. The Labute approximate surface area is 139 Å². The maximum atomic E-state index is 5.50. The minimum Gasteiger partial charge on any atom is -0.381 e. The third-order valence-corrected chi connectivity index (χ3v) is 6.27. The summed E-state index contributed by atoms with van der Waals surface area (Å²) in [6.07, 6.45) is 9.15. The normalized spacial score (nSPS) is 33.9. The number of ether oxygens (including phenoxy) is 1. The van der Waals surface area contributed by atoms with E-state index in [-0.39, 0.29) is 0 Å². The summed E-state index contributed by atoms with van der Waals surface area (Å²) in [5.41, 5.74) is 0. The molecule has 3 aliphatic rings. The Morgan fingerprint density at radius 1 is 1.17 bits per heavy atom. The molecular weight excluding hydrogens is 288 g/mol. The fourth-order valence-corrected chi connectivity index (χ4v) is 4.94. The van der Waals surface area contributed by atoms with Crippen molar-refractivity contribution in [1.82, 2.24) is 19.6 Å². The van der Waals surface area contributed by atoms with Crippen LogP contribution < -0.4 is 0 Å². The van der Waals surface area contributed by atoms with Crippen LogP contribution in [-0.2, 0) is 11.3 Å². The van der Waals surface area contributed by atoms with Crippen molar-refractivity contribution in [3.8, 4) is 0 Å². The monoisotopic (exact) mass is 318 g/mol. The Morgan fingerprint density at radius 3 is 2.83 bits per heavy atom. The van der Waals surface area contributed by atoms with Gasteiger partial charge in [-0.2, -0.15) is 5.10 Å². The summed E-state index contributed by atoms with van der Waals surface area (Å²) < 4.78 is 7.60. The van der Waals surface area contributed by atoms with Gasteiger partial charge in [-0.25, -0.2) is 0 Å². The first-order chi connectivity index (χ1) is 11.3. The minimum atomic E-state index is 0.646. The van der Waals surface area contributed by atoms with E-state index < -0.39 is 0 Å². The summed E-state index contributed by atoms with van der Waals surface area (Å²) >= 11 is 0. The number of likely N-dealkylation sites (tertiary alicyclic amines) is 2. The molecule has 0 bridgehead atoms. The van der Waals surface area contributed by atoms with E-state index in [1.807, 2.05) is 12.3 Å². The quantitative estimate of drug-likeness (QED) is 0.846. The average Bonchev–Trinajstić information content (AvgIpc) is 3.18. The van der Waals surface area contributed by atoms with Gasteiger partial charge in [0, 0.05) is 50.8 Å². The Morgan fingerprint density at radius 2 is 2.04 bits per heavy atom. The van der Waals surface area contributed by atoms with Crippen LogP contribution in [0.4, 0.5) is 0 Å². The van der Waals surface area contributed by atoms with Crippen LogP contribution in [0, 0.1) is 11.8 Å². The maximum absolute atomic E-state index is 5.50. The smallest absolute Gasteiger partial charge is 0.0565 e. The molecule has 23 heavy (non-hydrogen) atoms. The van der Waals surface area contributed by atoms with Crippen molar-refractivity contribution in [2.75, 3.05) is 39.9 Å². The zero-order valence-corrected chi connectivity index (χ0v) is 14.3. The van der Waals surface area contributed by atoms with E-state index in [0.717, 1.165) is 37.6 Å². The van der Waals surface area contributed by atoms with Crippen LogP contribution in [0.3, 0.4) is 0 Å². The van der Waals surface area contributed by atoms with Gasteiger partial charge in [0.25, 0.3) is 0 Å². The lowest BCUT2D eigenvalue weighted by Gasteiger charge is -2.39. The number of hydrogen-bond acceptors (Lipinski definition) is 4. The standard InChI is InChI=1S/C18H30N4O/c1-20-17(14-22-7-2-6-19-22)11-16-13-21(8-3-18(16)20)12-15-4-9-23-10-5-15/h2,6-7,15-18H,3-5,8-14H2,1H3/t16-,17?,18+/m0/s1. The number of rotatable bonds is 4. The summed E-state index contributed by atoms with van der Waals surface area (Å²) in [4.78, 5) is 5.37. The van der Waals surface area contributed by atoms with Crippen molar-refractivity contribution in [3.05, 3.63) is 18.5 Å². The van der Waals surface area contributed by atoms with Gasteiger partial charge in [-0.1, -0.05) is 0 Å². The number of hydrogen-bond donors (Lipinski definition) is 0. The molecule has 0 N–H and O–H groups in total. The van der Waals surface area contributed by atoms with Gasteiger partial charge in [0.05, 0.1) is 6.54 Å². The van der Waals surface area contributed by atoms with E-state index >= 15 is 0 Å². The van der Waals surface area contributed by atoms with E-state index in [1.165, 1.54) is 45.3 Å². The lowest BCUT2D eigenvalue weighted by molar-refractivity contribution is 0.0394. The van der Waals surface area contributed by atoms with Gasteiger partial charge >= 0.3 is 0 Å². The van der Waals surface area contributed by atoms with Gasteiger partial charge in [-0.05, 0) is 57.2 Å². The van der Waals surface area contributed by atoms with Crippen LogP contribution in [0.25, 0.3) is 0 Å². The molecule has 0 spiro atoms. The predicted octanol–water partition coefficient (Wildman–Crippen LogP) is 1.70. The van der Waals surface area contributed by atoms with E-state index in [9.17, 15) is 0 Å². The van der Waals surface area contributed by atoms with Crippen LogP contribution in [0.15, 0.2) is 18.5 Å². The Balaban J connectivity index is 1.32. The van der Waals surface area contributed by atoms with Crippen LogP contribution in [0.2, 0.25) is 0 Å². The van der Waals surface area contributed by atoms with Crippen molar-refractivity contribution in [1.29, 1.82) is 0 Å². The molecule has 0 aliphatic carbocycles. The molecule has 3 saturated heterocycles. The van der Waals surface area contributed by atoms with Crippen molar-refractivity contribution in [3.63, 3.8) is 0 Å². The first-order valence-electron chi connectivity index (χ1n) is 9.29. The molecule has 3 fully saturated rings. The first-order valence-corrected chi connectivity index (χ1v) is 9.29. The second-order valence-corrected chi connectivity index (χ2v) is 7.71. The van der Waals surface area contributed by atoms with Crippen molar-refractivity contribution in [2.24, 2.45) is 11.8 Å². The summed E-state index contributed by atoms with van der Waals surface area (Å²) in [6, 6.07) is 3.45. The second kappa shape index (κ2) is 6.91. The van der Waals surface area contributed by atoms with Gasteiger partial charge in [-0.15, -0.1) is 0 Å². The van der Waals surface area contributed by atoms with Crippen LogP contribution in [-0.4, -0.2) is 71.6 Å². The SMILES string of the molecule is CN1C(Cn2cccn2)C[C@H]2CN(CC3CCOCC3)CC[C@H]21. The number of likely N-dealkylation sites (N-methyl/N-ethyl adjacent to an activating group) is 1. The minimum absolute atomic E-state index is 0.646. The number of nitrogens with zero attached hydrogens (tertiary/aromatic N) is 4. The molecule has 1 aromatic rings. The van der Waals surface area contributed by atoms with Gasteiger partial charge in [0.2, 0.25) is 0 Å². The van der Waals surface area contributed by atoms with Crippen LogP contribution in [0.5, 0.6) is 0 Å². The Hall–Kier alpha value is -0.910. The third-order valence-electron chi connectivity index (χ3n) is 6.27. The molecule has 4 heterocycles. The fourth-order valence-electron chi connectivity index (χ4n) is 4.94.